The molecule has 4 atom stereocenters. The van der Waals surface area contributed by atoms with E-state index in [0.29, 0.717) is 35.7 Å². The van der Waals surface area contributed by atoms with Gasteiger partial charge in [0.1, 0.15) is 11.5 Å². The van der Waals surface area contributed by atoms with Crippen molar-refractivity contribution in [3.05, 3.63) is 41.5 Å². The molecule has 0 bridgehead atoms. The van der Waals surface area contributed by atoms with Gasteiger partial charge in [-0.3, -0.25) is 9.59 Å². The first-order chi connectivity index (χ1) is 13.5. The molecule has 0 saturated heterocycles. The molecule has 28 heavy (non-hydrogen) atoms. The van der Waals surface area contributed by atoms with Crippen LogP contribution in [0, 0.1) is 17.3 Å². The molecular formula is C25H32O3. The van der Waals surface area contributed by atoms with Crippen molar-refractivity contribution in [1.29, 1.82) is 0 Å². The minimum atomic E-state index is -0.143. The first kappa shape index (κ1) is 19.4. The van der Waals surface area contributed by atoms with E-state index in [1.54, 1.807) is 0 Å². The van der Waals surface area contributed by atoms with E-state index in [0.717, 1.165) is 51.4 Å². The maximum Gasteiger partial charge on any atom is 0.311 e. The van der Waals surface area contributed by atoms with Crippen LogP contribution in [0.15, 0.2) is 30.4 Å². The Morgan fingerprint density at radius 2 is 2.11 bits per heavy atom. The number of hydrogen-bond acceptors (Lipinski definition) is 3. The van der Waals surface area contributed by atoms with Gasteiger partial charge in [0.05, 0.1) is 0 Å². The van der Waals surface area contributed by atoms with E-state index in [2.05, 4.69) is 25.1 Å². The van der Waals surface area contributed by atoms with Gasteiger partial charge in [-0.05, 0) is 92.9 Å². The van der Waals surface area contributed by atoms with Gasteiger partial charge in [0.15, 0.2) is 0 Å². The number of Topliss-reactive ketones (excluding diaryl/α,β-unsaturated/α-hetero) is 1. The highest BCUT2D eigenvalue weighted by Gasteiger charge is 2.54. The lowest BCUT2D eigenvalue weighted by Gasteiger charge is -2.48. The lowest BCUT2D eigenvalue weighted by atomic mass is 9.55. The first-order valence-corrected chi connectivity index (χ1v) is 11.0. The van der Waals surface area contributed by atoms with Crippen molar-refractivity contribution in [3.8, 4) is 5.75 Å². The van der Waals surface area contributed by atoms with Gasteiger partial charge >= 0.3 is 5.97 Å². The molecule has 2 fully saturated rings. The Morgan fingerprint density at radius 1 is 1.25 bits per heavy atom. The van der Waals surface area contributed by atoms with E-state index in [-0.39, 0.29) is 11.4 Å². The lowest BCUT2D eigenvalue weighted by molar-refractivity contribution is -0.134. The summed E-state index contributed by atoms with van der Waals surface area (Å²) in [6.07, 6.45) is 12.5. The molecule has 4 rings (SSSR count). The smallest absolute Gasteiger partial charge is 0.311 e. The zero-order valence-electron chi connectivity index (χ0n) is 17.2. The van der Waals surface area contributed by atoms with Gasteiger partial charge in [0, 0.05) is 18.3 Å². The van der Waals surface area contributed by atoms with Crippen molar-refractivity contribution in [3.63, 3.8) is 0 Å². The van der Waals surface area contributed by atoms with Crippen LogP contribution in [0.2, 0.25) is 0 Å². The molecule has 0 aliphatic heterocycles. The molecule has 0 heterocycles. The van der Waals surface area contributed by atoms with E-state index in [1.165, 1.54) is 11.1 Å². The van der Waals surface area contributed by atoms with E-state index >= 15 is 0 Å². The van der Waals surface area contributed by atoms with Crippen molar-refractivity contribution in [2.75, 3.05) is 0 Å². The molecule has 1 aromatic rings. The average molecular weight is 381 g/mol. The summed E-state index contributed by atoms with van der Waals surface area (Å²) in [6.45, 7) is 4.21. The third kappa shape index (κ3) is 3.44. The van der Waals surface area contributed by atoms with Gasteiger partial charge in [-0.25, -0.2) is 0 Å². The number of aryl methyl sites for hydroxylation is 1. The lowest BCUT2D eigenvalue weighted by Crippen LogP contribution is -2.42. The Kier molecular flexibility index (Phi) is 5.44. The Bertz CT molecular complexity index is 793. The van der Waals surface area contributed by atoms with Gasteiger partial charge in [-0.2, -0.15) is 0 Å². The molecule has 2 saturated carbocycles. The van der Waals surface area contributed by atoms with E-state index in [4.69, 9.17) is 4.74 Å². The van der Waals surface area contributed by atoms with Gasteiger partial charge in [0.25, 0.3) is 0 Å². The van der Waals surface area contributed by atoms with Gasteiger partial charge < -0.3 is 4.74 Å². The van der Waals surface area contributed by atoms with E-state index in [1.807, 2.05) is 19.1 Å². The van der Waals surface area contributed by atoms with Crippen molar-refractivity contribution in [2.45, 2.75) is 77.6 Å². The van der Waals surface area contributed by atoms with Crippen molar-refractivity contribution in [2.24, 2.45) is 17.3 Å². The summed E-state index contributed by atoms with van der Waals surface area (Å²) in [5.74, 6) is 2.80. The second-order valence-electron chi connectivity index (χ2n) is 9.13. The Morgan fingerprint density at radius 3 is 2.93 bits per heavy atom. The molecule has 0 spiro atoms. The first-order valence-electron chi connectivity index (χ1n) is 11.0. The van der Waals surface area contributed by atoms with Crippen molar-refractivity contribution < 1.29 is 14.3 Å². The zero-order chi connectivity index (χ0) is 19.7. The number of ketones is 1. The molecular weight excluding hydrogens is 348 g/mol. The number of rotatable bonds is 5. The number of ether oxygens (including phenoxy) is 1. The van der Waals surface area contributed by atoms with E-state index < -0.39 is 0 Å². The average Bonchev–Trinajstić information content (AvgIpc) is 3.00. The van der Waals surface area contributed by atoms with Crippen LogP contribution in [0.3, 0.4) is 0 Å². The largest absolute Gasteiger partial charge is 0.427 e. The number of allylic oxidation sites excluding steroid dienone is 2. The van der Waals surface area contributed by atoms with Crippen molar-refractivity contribution >= 4 is 11.8 Å². The third-order valence-corrected chi connectivity index (χ3v) is 7.63. The second-order valence-corrected chi connectivity index (χ2v) is 9.13. The minimum Gasteiger partial charge on any atom is -0.427 e. The summed E-state index contributed by atoms with van der Waals surface area (Å²) in [5.41, 5.74) is 2.71. The van der Waals surface area contributed by atoms with Crippen LogP contribution in [0.5, 0.6) is 5.75 Å². The number of hydrogen-bond donors (Lipinski definition) is 0. The molecule has 0 radical (unpaired) electrons. The van der Waals surface area contributed by atoms with Gasteiger partial charge in [-0.1, -0.05) is 25.1 Å². The highest BCUT2D eigenvalue weighted by molar-refractivity contribution is 5.87. The van der Waals surface area contributed by atoms with Crippen LogP contribution >= 0.6 is 0 Å². The summed E-state index contributed by atoms with van der Waals surface area (Å²) < 4.78 is 5.59. The fourth-order valence-electron chi connectivity index (χ4n) is 6.11. The highest BCUT2D eigenvalue weighted by atomic mass is 16.5. The summed E-state index contributed by atoms with van der Waals surface area (Å²) in [7, 11) is 0. The molecule has 1 aromatic carbocycles. The van der Waals surface area contributed by atoms with Gasteiger partial charge in [-0.15, -0.1) is 0 Å². The Labute approximate surface area is 168 Å². The van der Waals surface area contributed by atoms with Crippen LogP contribution in [0.1, 0.15) is 82.3 Å². The maximum atomic E-state index is 12.5. The SMILES string of the molecule is C/C=C\CCCC(=O)Oc1ccc2c(c1)CCC1C2CCC2(C)C(=O)CCC12. The summed E-state index contributed by atoms with van der Waals surface area (Å²) >= 11 is 0. The number of carbonyl (C=O) groups is 2. The normalized spacial score (nSPS) is 31.4. The van der Waals surface area contributed by atoms with Crippen LogP contribution < -0.4 is 4.74 Å². The molecule has 0 N–H and O–H groups in total. The zero-order valence-corrected chi connectivity index (χ0v) is 17.2. The topological polar surface area (TPSA) is 43.4 Å². The molecule has 4 unspecified atom stereocenters. The molecule has 0 aromatic heterocycles. The molecule has 150 valence electrons. The molecule has 3 heteroatoms. The standard InChI is InChI=1S/C25H32O3/c1-3-4-5-6-7-24(27)28-18-9-11-19-17(16-18)8-10-21-20(19)14-15-25(2)22(21)12-13-23(25)26/h3-4,9,11,16,20-22H,5-8,10,12-15H2,1-2H3/b4-3-. The fraction of sp³-hybridized carbons (Fsp3) is 0.600. The number of esters is 1. The Hall–Kier alpha value is -1.90. The second kappa shape index (κ2) is 7.85. The van der Waals surface area contributed by atoms with Crippen LogP contribution in [-0.4, -0.2) is 11.8 Å². The van der Waals surface area contributed by atoms with Crippen LogP contribution in [0.4, 0.5) is 0 Å². The fourth-order valence-corrected chi connectivity index (χ4v) is 6.11. The molecule has 3 aliphatic rings. The highest BCUT2D eigenvalue weighted by Crippen LogP contribution is 2.59. The number of fused-ring (bicyclic) bond motifs is 5. The summed E-state index contributed by atoms with van der Waals surface area (Å²) in [4.78, 5) is 24.5. The number of benzene rings is 1. The third-order valence-electron chi connectivity index (χ3n) is 7.63. The minimum absolute atomic E-state index is 0.0683. The van der Waals surface area contributed by atoms with Crippen molar-refractivity contribution in [1.82, 2.24) is 0 Å². The van der Waals surface area contributed by atoms with Gasteiger partial charge in [0.2, 0.25) is 0 Å². The summed E-state index contributed by atoms with van der Waals surface area (Å²) in [6, 6.07) is 6.25. The molecule has 0 amide bonds. The predicted molar refractivity (Wildman–Crippen MR) is 110 cm³/mol. The quantitative estimate of drug-likeness (QED) is 0.282. The van der Waals surface area contributed by atoms with E-state index in [9.17, 15) is 9.59 Å². The molecule has 3 aliphatic carbocycles. The maximum absolute atomic E-state index is 12.5. The number of unbranched alkanes of at least 4 members (excludes halogenated alkanes) is 1. The monoisotopic (exact) mass is 380 g/mol. The molecule has 3 nitrogen and oxygen atoms in total. The van der Waals surface area contributed by atoms with Crippen LogP contribution in [-0.2, 0) is 16.0 Å². The number of carbonyl (C=O) groups excluding carboxylic acids is 2. The van der Waals surface area contributed by atoms with Crippen LogP contribution in [0.25, 0.3) is 0 Å². The predicted octanol–water partition coefficient (Wildman–Crippen LogP) is 5.76. The summed E-state index contributed by atoms with van der Waals surface area (Å²) in [5, 5.41) is 0. The Balaban J connectivity index is 1.44.